The average Bonchev–Trinajstić information content (AvgIpc) is 2.48. The van der Waals surface area contributed by atoms with Gasteiger partial charge in [-0.2, -0.15) is 0 Å². The molecule has 0 saturated carbocycles. The molecular weight excluding hydrogens is 252 g/mol. The van der Waals surface area contributed by atoms with Crippen molar-refractivity contribution < 1.29 is 9.53 Å². The highest BCUT2D eigenvalue weighted by atomic mass is 16.5. The number of nitrogen functional groups attached to an aromatic ring is 1. The van der Waals surface area contributed by atoms with Crippen LogP contribution in [0.4, 0.5) is 11.4 Å². The monoisotopic (exact) mass is 268 g/mol. The summed E-state index contributed by atoms with van der Waals surface area (Å²) in [6.45, 7) is 1.03. The average molecular weight is 268 g/mol. The summed E-state index contributed by atoms with van der Waals surface area (Å²) in [5.41, 5.74) is 8.50. The molecule has 0 fully saturated rings. The van der Waals surface area contributed by atoms with Gasteiger partial charge in [0.15, 0.2) is 0 Å². The molecule has 0 amide bonds. The van der Waals surface area contributed by atoms with E-state index in [0.29, 0.717) is 18.8 Å². The molecule has 0 aromatic heterocycles. The van der Waals surface area contributed by atoms with Crippen LogP contribution in [0.3, 0.4) is 0 Å². The van der Waals surface area contributed by atoms with Gasteiger partial charge in [-0.25, -0.2) is 0 Å². The van der Waals surface area contributed by atoms with Crippen LogP contribution >= 0.6 is 0 Å². The molecule has 0 spiro atoms. The van der Waals surface area contributed by atoms with Crippen molar-refractivity contribution >= 4 is 17.7 Å². The third kappa shape index (κ3) is 2.32. The molecular formula is C16H16N2O2. The first-order chi connectivity index (χ1) is 9.78. The van der Waals surface area contributed by atoms with Crippen LogP contribution in [0.1, 0.15) is 5.56 Å². The number of fused-ring (bicyclic) bond motifs is 1. The molecule has 102 valence electrons. The van der Waals surface area contributed by atoms with Crippen LogP contribution in [-0.4, -0.2) is 18.9 Å². The predicted molar refractivity (Wildman–Crippen MR) is 78.8 cm³/mol. The highest BCUT2D eigenvalue weighted by molar-refractivity contribution is 5.73. The SMILES string of the molecule is Nc1ccc2c(c1)OCC(C=O)N2Cc1ccccc1. The second kappa shape index (κ2) is 5.25. The van der Waals surface area contributed by atoms with Crippen molar-refractivity contribution in [3.63, 3.8) is 0 Å². The molecule has 2 aromatic rings. The van der Waals surface area contributed by atoms with Gasteiger partial charge < -0.3 is 20.2 Å². The molecule has 0 radical (unpaired) electrons. The number of aldehydes is 1. The normalized spacial score (nSPS) is 17.2. The Morgan fingerprint density at radius 3 is 2.80 bits per heavy atom. The standard InChI is InChI=1S/C16H16N2O2/c17-13-6-7-15-16(8-13)20-11-14(10-19)18(15)9-12-4-2-1-3-5-12/h1-8,10,14H,9,11,17H2. The minimum atomic E-state index is -0.272. The first kappa shape index (κ1) is 12.5. The summed E-state index contributed by atoms with van der Waals surface area (Å²) in [5.74, 6) is 0.735. The largest absolute Gasteiger partial charge is 0.489 e. The van der Waals surface area contributed by atoms with E-state index in [4.69, 9.17) is 10.5 Å². The zero-order chi connectivity index (χ0) is 13.9. The van der Waals surface area contributed by atoms with Gasteiger partial charge in [0.2, 0.25) is 0 Å². The molecule has 1 atom stereocenters. The van der Waals surface area contributed by atoms with Crippen molar-refractivity contribution in [2.24, 2.45) is 0 Å². The second-order valence-corrected chi connectivity index (χ2v) is 4.86. The van der Waals surface area contributed by atoms with Gasteiger partial charge in [-0.05, 0) is 17.7 Å². The summed E-state index contributed by atoms with van der Waals surface area (Å²) in [7, 11) is 0. The van der Waals surface area contributed by atoms with Gasteiger partial charge in [0.1, 0.15) is 24.7 Å². The number of carbonyl (C=O) groups excluding carboxylic acids is 1. The Bertz CT molecular complexity index is 613. The lowest BCUT2D eigenvalue weighted by molar-refractivity contribution is -0.109. The zero-order valence-electron chi connectivity index (χ0n) is 11.0. The van der Waals surface area contributed by atoms with Gasteiger partial charge in [0, 0.05) is 18.3 Å². The molecule has 1 unspecified atom stereocenters. The van der Waals surface area contributed by atoms with Crippen LogP contribution in [0.15, 0.2) is 48.5 Å². The van der Waals surface area contributed by atoms with Gasteiger partial charge in [-0.3, -0.25) is 0 Å². The molecule has 4 nitrogen and oxygen atoms in total. The third-order valence-corrected chi connectivity index (χ3v) is 3.46. The number of benzene rings is 2. The fraction of sp³-hybridized carbons (Fsp3) is 0.188. The van der Waals surface area contributed by atoms with Crippen molar-refractivity contribution in [3.8, 4) is 5.75 Å². The van der Waals surface area contributed by atoms with Crippen molar-refractivity contribution in [2.75, 3.05) is 17.2 Å². The zero-order valence-corrected chi connectivity index (χ0v) is 11.0. The fourth-order valence-corrected chi connectivity index (χ4v) is 2.42. The summed E-state index contributed by atoms with van der Waals surface area (Å²) in [4.78, 5) is 13.3. The second-order valence-electron chi connectivity index (χ2n) is 4.86. The van der Waals surface area contributed by atoms with Crippen molar-refractivity contribution in [1.29, 1.82) is 0 Å². The maximum Gasteiger partial charge on any atom is 0.145 e. The van der Waals surface area contributed by atoms with Crippen LogP contribution in [0.2, 0.25) is 0 Å². The molecule has 0 saturated heterocycles. The third-order valence-electron chi connectivity index (χ3n) is 3.46. The van der Waals surface area contributed by atoms with Crippen LogP contribution in [-0.2, 0) is 11.3 Å². The molecule has 2 aromatic carbocycles. The molecule has 1 aliphatic rings. The van der Waals surface area contributed by atoms with Gasteiger partial charge >= 0.3 is 0 Å². The Kier molecular flexibility index (Phi) is 3.29. The minimum absolute atomic E-state index is 0.272. The molecule has 0 aliphatic carbocycles. The summed E-state index contributed by atoms with van der Waals surface area (Å²) >= 11 is 0. The minimum Gasteiger partial charge on any atom is -0.489 e. The first-order valence-electron chi connectivity index (χ1n) is 6.56. The molecule has 1 heterocycles. The number of hydrogen-bond acceptors (Lipinski definition) is 4. The summed E-state index contributed by atoms with van der Waals surface area (Å²) in [6.07, 6.45) is 0.933. The smallest absolute Gasteiger partial charge is 0.145 e. The highest BCUT2D eigenvalue weighted by Crippen LogP contribution is 2.35. The van der Waals surface area contributed by atoms with E-state index < -0.39 is 0 Å². The Labute approximate surface area is 117 Å². The number of carbonyl (C=O) groups is 1. The lowest BCUT2D eigenvalue weighted by Crippen LogP contribution is -2.43. The Balaban J connectivity index is 1.96. The van der Waals surface area contributed by atoms with E-state index in [2.05, 4.69) is 4.90 Å². The number of ether oxygens (including phenoxy) is 1. The van der Waals surface area contributed by atoms with E-state index in [0.717, 1.165) is 23.3 Å². The Morgan fingerprint density at radius 1 is 1.25 bits per heavy atom. The van der Waals surface area contributed by atoms with Crippen LogP contribution in [0.25, 0.3) is 0 Å². The molecule has 0 bridgehead atoms. The first-order valence-corrected chi connectivity index (χ1v) is 6.56. The highest BCUT2D eigenvalue weighted by Gasteiger charge is 2.27. The number of hydrogen-bond donors (Lipinski definition) is 1. The summed E-state index contributed by atoms with van der Waals surface area (Å²) in [5, 5.41) is 0. The number of anilines is 2. The lowest BCUT2D eigenvalue weighted by atomic mass is 10.1. The number of rotatable bonds is 3. The van der Waals surface area contributed by atoms with E-state index in [1.807, 2.05) is 42.5 Å². The molecule has 20 heavy (non-hydrogen) atoms. The van der Waals surface area contributed by atoms with E-state index in [1.165, 1.54) is 0 Å². The molecule has 4 heteroatoms. The topological polar surface area (TPSA) is 55.6 Å². The van der Waals surface area contributed by atoms with Gasteiger partial charge in [0.25, 0.3) is 0 Å². The van der Waals surface area contributed by atoms with Crippen LogP contribution in [0.5, 0.6) is 5.75 Å². The van der Waals surface area contributed by atoms with Crippen molar-refractivity contribution in [3.05, 3.63) is 54.1 Å². The van der Waals surface area contributed by atoms with Crippen molar-refractivity contribution in [1.82, 2.24) is 0 Å². The van der Waals surface area contributed by atoms with E-state index >= 15 is 0 Å². The van der Waals surface area contributed by atoms with Crippen molar-refractivity contribution in [2.45, 2.75) is 12.6 Å². The van der Waals surface area contributed by atoms with E-state index in [1.54, 1.807) is 6.07 Å². The Morgan fingerprint density at radius 2 is 2.05 bits per heavy atom. The van der Waals surface area contributed by atoms with Gasteiger partial charge in [0.05, 0.1) is 5.69 Å². The van der Waals surface area contributed by atoms with Gasteiger partial charge in [-0.15, -0.1) is 0 Å². The molecule has 3 rings (SSSR count). The van der Waals surface area contributed by atoms with Crippen LogP contribution < -0.4 is 15.4 Å². The summed E-state index contributed by atoms with van der Waals surface area (Å²) < 4.78 is 5.62. The molecule has 1 aliphatic heterocycles. The predicted octanol–water partition coefficient (Wildman–Crippen LogP) is 2.24. The fourth-order valence-electron chi connectivity index (χ4n) is 2.42. The maximum atomic E-state index is 11.3. The van der Waals surface area contributed by atoms with E-state index in [-0.39, 0.29) is 6.04 Å². The summed E-state index contributed by atoms with van der Waals surface area (Å²) in [6, 6.07) is 15.3. The maximum absolute atomic E-state index is 11.3. The number of nitrogens with zero attached hydrogens (tertiary/aromatic N) is 1. The number of nitrogens with two attached hydrogens (primary N) is 1. The van der Waals surface area contributed by atoms with Gasteiger partial charge in [-0.1, -0.05) is 30.3 Å². The quantitative estimate of drug-likeness (QED) is 0.685. The van der Waals surface area contributed by atoms with E-state index in [9.17, 15) is 4.79 Å². The molecule has 2 N–H and O–H groups in total. The lowest BCUT2D eigenvalue weighted by Gasteiger charge is -2.36. The Hall–Kier alpha value is -2.49. The van der Waals surface area contributed by atoms with Crippen LogP contribution in [0, 0.1) is 0 Å².